The highest BCUT2D eigenvalue weighted by atomic mass is 32.2. The van der Waals surface area contributed by atoms with Crippen LogP contribution in [0.2, 0.25) is 0 Å². The van der Waals surface area contributed by atoms with Crippen molar-refractivity contribution in [3.05, 3.63) is 70.8 Å². The van der Waals surface area contributed by atoms with Gasteiger partial charge < -0.3 is 5.32 Å². The zero-order chi connectivity index (χ0) is 19.0. The third-order valence-electron chi connectivity index (χ3n) is 4.62. The molecule has 4 rings (SSSR count). The van der Waals surface area contributed by atoms with E-state index in [1.165, 1.54) is 10.9 Å². The molecule has 1 aromatic heterocycles. The maximum absolute atomic E-state index is 12.7. The number of amides is 1. The van der Waals surface area contributed by atoms with E-state index in [1.54, 1.807) is 18.2 Å². The number of sulfone groups is 1. The van der Waals surface area contributed by atoms with Crippen LogP contribution in [0.3, 0.4) is 0 Å². The van der Waals surface area contributed by atoms with Gasteiger partial charge in [0.25, 0.3) is 11.5 Å². The Balaban J connectivity index is 1.63. The average molecular weight is 383 g/mol. The van der Waals surface area contributed by atoms with E-state index in [0.29, 0.717) is 28.6 Å². The maximum atomic E-state index is 12.7. The van der Waals surface area contributed by atoms with Crippen LogP contribution in [-0.4, -0.2) is 41.4 Å². The Hall–Kier alpha value is -3.00. The van der Waals surface area contributed by atoms with Gasteiger partial charge >= 0.3 is 0 Å². The van der Waals surface area contributed by atoms with Crippen LogP contribution in [0.4, 0.5) is 0 Å². The van der Waals surface area contributed by atoms with E-state index in [1.807, 2.05) is 30.3 Å². The topological polar surface area (TPSA) is 98.1 Å². The molecule has 7 nitrogen and oxygen atoms in total. The van der Waals surface area contributed by atoms with Gasteiger partial charge in [0.15, 0.2) is 9.84 Å². The normalized spacial score (nSPS) is 18.4. The highest BCUT2D eigenvalue weighted by Crippen LogP contribution is 2.15. The van der Waals surface area contributed by atoms with Gasteiger partial charge in [-0.2, -0.15) is 0 Å². The highest BCUT2D eigenvalue weighted by Gasteiger charge is 2.29. The first kappa shape index (κ1) is 17.4. The molecule has 2 heterocycles. The third kappa shape index (κ3) is 3.48. The molecule has 8 heteroatoms. The van der Waals surface area contributed by atoms with Gasteiger partial charge in [0, 0.05) is 11.6 Å². The van der Waals surface area contributed by atoms with E-state index in [9.17, 15) is 18.0 Å². The number of fused-ring (bicyclic) bond motifs is 1. The summed E-state index contributed by atoms with van der Waals surface area (Å²) in [7, 11) is -3.07. The predicted octanol–water partition coefficient (Wildman–Crippen LogP) is 1.30. The number of aromatic nitrogens is 2. The Morgan fingerprint density at radius 3 is 2.63 bits per heavy atom. The van der Waals surface area contributed by atoms with Gasteiger partial charge in [0.2, 0.25) is 0 Å². The molecule has 27 heavy (non-hydrogen) atoms. The summed E-state index contributed by atoms with van der Waals surface area (Å²) in [6.45, 7) is 0. The number of hydrogen-bond acceptors (Lipinski definition) is 5. The zero-order valence-electron chi connectivity index (χ0n) is 14.3. The van der Waals surface area contributed by atoms with E-state index in [0.717, 1.165) is 0 Å². The third-order valence-corrected chi connectivity index (χ3v) is 6.39. The van der Waals surface area contributed by atoms with Crippen molar-refractivity contribution in [2.24, 2.45) is 0 Å². The van der Waals surface area contributed by atoms with E-state index in [2.05, 4.69) is 10.3 Å². The van der Waals surface area contributed by atoms with E-state index < -0.39 is 9.84 Å². The second-order valence-electron chi connectivity index (χ2n) is 6.56. The minimum Gasteiger partial charge on any atom is -0.348 e. The van der Waals surface area contributed by atoms with Crippen molar-refractivity contribution in [2.75, 3.05) is 11.5 Å². The monoisotopic (exact) mass is 383 g/mol. The average Bonchev–Trinajstić information content (AvgIpc) is 3.00. The Labute approximate surface area is 155 Å². The molecule has 1 aliphatic rings. The number of rotatable bonds is 3. The summed E-state index contributed by atoms with van der Waals surface area (Å²) in [6, 6.07) is 13.5. The summed E-state index contributed by atoms with van der Waals surface area (Å²) in [6.07, 6.45) is 1.85. The molecule has 0 radical (unpaired) electrons. The van der Waals surface area contributed by atoms with Gasteiger partial charge in [-0.15, -0.1) is 0 Å². The van der Waals surface area contributed by atoms with Crippen molar-refractivity contribution in [3.63, 3.8) is 0 Å². The number of nitrogens with zero attached hydrogens (tertiary/aromatic N) is 2. The molecule has 0 aliphatic carbocycles. The smallest absolute Gasteiger partial charge is 0.265 e. The molecule has 3 aromatic rings. The summed E-state index contributed by atoms with van der Waals surface area (Å²) < 4.78 is 24.5. The van der Waals surface area contributed by atoms with Gasteiger partial charge in [-0.3, -0.25) is 14.2 Å². The van der Waals surface area contributed by atoms with Crippen LogP contribution in [-0.2, 0) is 9.84 Å². The summed E-state index contributed by atoms with van der Waals surface area (Å²) >= 11 is 0. The van der Waals surface area contributed by atoms with Crippen molar-refractivity contribution >= 4 is 26.6 Å². The fraction of sp³-hybridized carbons (Fsp3) is 0.211. The van der Waals surface area contributed by atoms with E-state index >= 15 is 0 Å². The molecule has 0 spiro atoms. The van der Waals surface area contributed by atoms with Crippen molar-refractivity contribution in [2.45, 2.75) is 12.5 Å². The Morgan fingerprint density at radius 1 is 1.15 bits per heavy atom. The molecule has 0 saturated carbocycles. The van der Waals surface area contributed by atoms with Crippen LogP contribution in [0.5, 0.6) is 0 Å². The second kappa shape index (κ2) is 6.62. The summed E-state index contributed by atoms with van der Waals surface area (Å²) in [4.78, 5) is 29.4. The van der Waals surface area contributed by atoms with Gasteiger partial charge in [-0.05, 0) is 36.8 Å². The number of benzene rings is 2. The minimum atomic E-state index is -3.07. The lowest BCUT2D eigenvalue weighted by Crippen LogP contribution is -2.35. The fourth-order valence-corrected chi connectivity index (χ4v) is 4.89. The largest absolute Gasteiger partial charge is 0.348 e. The van der Waals surface area contributed by atoms with Crippen molar-refractivity contribution < 1.29 is 13.2 Å². The molecule has 1 atom stereocenters. The first-order valence-corrected chi connectivity index (χ1v) is 10.3. The second-order valence-corrected chi connectivity index (χ2v) is 8.79. The summed E-state index contributed by atoms with van der Waals surface area (Å²) in [5.41, 5.74) is 1.25. The number of carbonyl (C=O) groups is 1. The molecular weight excluding hydrogens is 366 g/mol. The van der Waals surface area contributed by atoms with E-state index in [-0.39, 0.29) is 29.0 Å². The fourth-order valence-electron chi connectivity index (χ4n) is 3.21. The number of nitrogens with one attached hydrogen (secondary N) is 1. The molecule has 1 aliphatic heterocycles. The van der Waals surface area contributed by atoms with Crippen LogP contribution in [0.1, 0.15) is 16.8 Å². The molecule has 1 fully saturated rings. The molecule has 1 saturated heterocycles. The van der Waals surface area contributed by atoms with Crippen LogP contribution in [0.15, 0.2) is 59.7 Å². The lowest BCUT2D eigenvalue weighted by molar-refractivity contribution is 0.0941. The Kier molecular flexibility index (Phi) is 4.27. The van der Waals surface area contributed by atoms with Crippen LogP contribution >= 0.6 is 0 Å². The summed E-state index contributed by atoms with van der Waals surface area (Å²) in [5, 5.41) is 3.14. The van der Waals surface area contributed by atoms with Crippen molar-refractivity contribution in [1.82, 2.24) is 14.9 Å². The van der Waals surface area contributed by atoms with Gasteiger partial charge in [0.05, 0.1) is 28.1 Å². The summed E-state index contributed by atoms with van der Waals surface area (Å²) in [5.74, 6) is -0.309. The molecule has 1 amide bonds. The molecule has 1 unspecified atom stereocenters. The molecule has 1 N–H and O–H groups in total. The predicted molar refractivity (Wildman–Crippen MR) is 102 cm³/mol. The van der Waals surface area contributed by atoms with Crippen LogP contribution in [0, 0.1) is 0 Å². The maximum Gasteiger partial charge on any atom is 0.265 e. The SMILES string of the molecule is O=C(NC1CCS(=O)(=O)C1)c1ccc2c(=O)n(-c3ccccc3)cnc2c1. The van der Waals surface area contributed by atoms with Gasteiger partial charge in [-0.25, -0.2) is 13.4 Å². The lowest BCUT2D eigenvalue weighted by atomic mass is 10.1. The number of carbonyl (C=O) groups excluding carboxylic acids is 1. The highest BCUT2D eigenvalue weighted by molar-refractivity contribution is 7.91. The lowest BCUT2D eigenvalue weighted by Gasteiger charge is -2.11. The zero-order valence-corrected chi connectivity index (χ0v) is 15.1. The van der Waals surface area contributed by atoms with Crippen molar-refractivity contribution in [3.8, 4) is 5.69 Å². The van der Waals surface area contributed by atoms with E-state index in [4.69, 9.17) is 0 Å². The van der Waals surface area contributed by atoms with Crippen LogP contribution in [0.25, 0.3) is 16.6 Å². The van der Waals surface area contributed by atoms with Crippen molar-refractivity contribution in [1.29, 1.82) is 0 Å². The van der Waals surface area contributed by atoms with Gasteiger partial charge in [0.1, 0.15) is 6.33 Å². The number of hydrogen-bond donors (Lipinski definition) is 1. The first-order chi connectivity index (χ1) is 12.9. The molecule has 138 valence electrons. The molecular formula is C19H17N3O4S. The Bertz CT molecular complexity index is 1190. The van der Waals surface area contributed by atoms with Crippen LogP contribution < -0.4 is 10.9 Å². The first-order valence-electron chi connectivity index (χ1n) is 8.51. The van der Waals surface area contributed by atoms with Gasteiger partial charge in [-0.1, -0.05) is 18.2 Å². The minimum absolute atomic E-state index is 0.0354. The standard InChI is InChI=1S/C19H17N3O4S/c23-18(21-14-8-9-27(25,26)11-14)13-6-7-16-17(10-13)20-12-22(19(16)24)15-4-2-1-3-5-15/h1-7,10,12,14H,8-9,11H2,(H,21,23). The molecule has 2 aromatic carbocycles. The quantitative estimate of drug-likeness (QED) is 0.735. The number of para-hydroxylation sites is 1. The molecule has 0 bridgehead atoms. The Morgan fingerprint density at radius 2 is 1.93 bits per heavy atom.